The van der Waals surface area contributed by atoms with E-state index in [9.17, 15) is 9.59 Å². The van der Waals surface area contributed by atoms with Crippen molar-refractivity contribution in [2.45, 2.75) is 38.7 Å². The maximum atomic E-state index is 11.5. The summed E-state index contributed by atoms with van der Waals surface area (Å²) >= 11 is 0. The zero-order valence-electron chi connectivity index (χ0n) is 10.4. The highest BCUT2D eigenvalue weighted by Gasteiger charge is 2.26. The molecule has 0 spiro atoms. The summed E-state index contributed by atoms with van der Waals surface area (Å²) in [5.74, 6) is -0.591. The van der Waals surface area contributed by atoms with Crippen LogP contribution in [0.5, 0.6) is 0 Å². The fourth-order valence-electron chi connectivity index (χ4n) is 2.11. The van der Waals surface area contributed by atoms with Crippen molar-refractivity contribution < 1.29 is 19.4 Å². The third kappa shape index (κ3) is 4.34. The molecule has 1 aliphatic rings. The second-order valence-corrected chi connectivity index (χ2v) is 4.68. The summed E-state index contributed by atoms with van der Waals surface area (Å²) in [7, 11) is 1.50. The number of amides is 1. The van der Waals surface area contributed by atoms with Crippen LogP contribution in [0.25, 0.3) is 0 Å². The zero-order valence-corrected chi connectivity index (χ0v) is 10.4. The van der Waals surface area contributed by atoms with Crippen LogP contribution in [-0.2, 0) is 14.3 Å². The van der Waals surface area contributed by atoms with Gasteiger partial charge in [0.05, 0.1) is 5.92 Å². The molecule has 0 heterocycles. The second-order valence-electron chi connectivity index (χ2n) is 4.68. The Morgan fingerprint density at radius 2 is 1.94 bits per heavy atom. The molecule has 0 aromatic carbocycles. The number of hydrogen-bond acceptors (Lipinski definition) is 3. The van der Waals surface area contributed by atoms with Crippen LogP contribution in [0.4, 0.5) is 0 Å². The molecule has 0 radical (unpaired) electrons. The number of hydrogen-bond donors (Lipinski definition) is 2. The van der Waals surface area contributed by atoms with Crippen LogP contribution >= 0.6 is 0 Å². The van der Waals surface area contributed by atoms with Crippen molar-refractivity contribution in [1.29, 1.82) is 0 Å². The minimum Gasteiger partial charge on any atom is -0.481 e. The van der Waals surface area contributed by atoms with Gasteiger partial charge in [0.25, 0.3) is 0 Å². The first-order valence-corrected chi connectivity index (χ1v) is 6.08. The van der Waals surface area contributed by atoms with E-state index < -0.39 is 12.1 Å². The van der Waals surface area contributed by atoms with E-state index in [1.807, 2.05) is 0 Å². The third-order valence-electron chi connectivity index (χ3n) is 3.48. The molecule has 0 aromatic rings. The molecule has 17 heavy (non-hydrogen) atoms. The molecule has 0 bridgehead atoms. The molecule has 1 rings (SSSR count). The van der Waals surface area contributed by atoms with Crippen molar-refractivity contribution in [2.24, 2.45) is 11.8 Å². The molecule has 2 N–H and O–H groups in total. The van der Waals surface area contributed by atoms with Crippen molar-refractivity contribution in [1.82, 2.24) is 5.32 Å². The van der Waals surface area contributed by atoms with E-state index in [4.69, 9.17) is 9.84 Å². The average molecular weight is 243 g/mol. The van der Waals surface area contributed by atoms with Gasteiger partial charge in [-0.2, -0.15) is 0 Å². The summed E-state index contributed by atoms with van der Waals surface area (Å²) in [6.45, 7) is 2.33. The molecule has 1 fully saturated rings. The Morgan fingerprint density at radius 3 is 2.41 bits per heavy atom. The lowest BCUT2D eigenvalue weighted by molar-refractivity contribution is -0.143. The largest absolute Gasteiger partial charge is 0.481 e. The van der Waals surface area contributed by atoms with E-state index in [0.29, 0.717) is 12.5 Å². The summed E-state index contributed by atoms with van der Waals surface area (Å²) in [6, 6.07) is 0. The number of aliphatic carboxylic acids is 1. The predicted molar refractivity (Wildman–Crippen MR) is 62.6 cm³/mol. The normalized spacial score (nSPS) is 26.2. The van der Waals surface area contributed by atoms with Gasteiger partial charge in [0.1, 0.15) is 6.10 Å². The SMILES string of the molecule is COC(C)C(=O)NCC1CCC(C(=O)O)CC1. The Morgan fingerprint density at radius 1 is 1.35 bits per heavy atom. The number of carbonyl (C=O) groups excluding carboxylic acids is 1. The van der Waals surface area contributed by atoms with E-state index in [0.717, 1.165) is 25.7 Å². The fourth-order valence-corrected chi connectivity index (χ4v) is 2.11. The Bertz CT molecular complexity index is 272. The summed E-state index contributed by atoms with van der Waals surface area (Å²) in [6.07, 6.45) is 2.76. The number of methoxy groups -OCH3 is 1. The molecular weight excluding hydrogens is 222 g/mol. The molecule has 1 atom stereocenters. The Kier molecular flexibility index (Phi) is 5.41. The highest BCUT2D eigenvalue weighted by Crippen LogP contribution is 2.28. The summed E-state index contributed by atoms with van der Waals surface area (Å²) < 4.78 is 4.91. The molecule has 5 heteroatoms. The van der Waals surface area contributed by atoms with Crippen LogP contribution in [-0.4, -0.2) is 36.7 Å². The van der Waals surface area contributed by atoms with Gasteiger partial charge in [0.15, 0.2) is 0 Å². The predicted octanol–water partition coefficient (Wildman–Crippen LogP) is 1.03. The Balaban J connectivity index is 2.22. The van der Waals surface area contributed by atoms with E-state index in [1.54, 1.807) is 6.92 Å². The second kappa shape index (κ2) is 6.59. The minimum atomic E-state index is -0.694. The molecule has 1 saturated carbocycles. The molecule has 5 nitrogen and oxygen atoms in total. The van der Waals surface area contributed by atoms with Gasteiger partial charge in [-0.25, -0.2) is 0 Å². The summed E-state index contributed by atoms with van der Waals surface area (Å²) in [4.78, 5) is 22.2. The van der Waals surface area contributed by atoms with Crippen LogP contribution in [0.1, 0.15) is 32.6 Å². The smallest absolute Gasteiger partial charge is 0.306 e. The molecule has 0 aromatic heterocycles. The van der Waals surface area contributed by atoms with Gasteiger partial charge >= 0.3 is 5.97 Å². The maximum Gasteiger partial charge on any atom is 0.306 e. The van der Waals surface area contributed by atoms with Crippen molar-refractivity contribution >= 4 is 11.9 Å². The van der Waals surface area contributed by atoms with Crippen molar-refractivity contribution in [3.63, 3.8) is 0 Å². The van der Waals surface area contributed by atoms with Crippen LogP contribution in [0.15, 0.2) is 0 Å². The van der Waals surface area contributed by atoms with Gasteiger partial charge in [-0.15, -0.1) is 0 Å². The van der Waals surface area contributed by atoms with E-state index in [-0.39, 0.29) is 11.8 Å². The van der Waals surface area contributed by atoms with Gasteiger partial charge in [-0.1, -0.05) is 0 Å². The number of carboxylic acids is 1. The lowest BCUT2D eigenvalue weighted by atomic mass is 9.82. The monoisotopic (exact) mass is 243 g/mol. The van der Waals surface area contributed by atoms with Gasteiger partial charge < -0.3 is 15.2 Å². The lowest BCUT2D eigenvalue weighted by Gasteiger charge is -2.26. The first-order valence-electron chi connectivity index (χ1n) is 6.08. The van der Waals surface area contributed by atoms with Crippen LogP contribution in [0.2, 0.25) is 0 Å². The standard InChI is InChI=1S/C12H21NO4/c1-8(17-2)11(14)13-7-9-3-5-10(6-4-9)12(15)16/h8-10H,3-7H2,1-2H3,(H,13,14)(H,15,16). The van der Waals surface area contributed by atoms with Crippen LogP contribution < -0.4 is 5.32 Å². The molecular formula is C12H21NO4. The Labute approximate surface area is 102 Å². The van der Waals surface area contributed by atoms with Crippen molar-refractivity contribution in [3.8, 4) is 0 Å². The van der Waals surface area contributed by atoms with Gasteiger partial charge in [-0.3, -0.25) is 9.59 Å². The highest BCUT2D eigenvalue weighted by molar-refractivity contribution is 5.80. The van der Waals surface area contributed by atoms with Crippen LogP contribution in [0, 0.1) is 11.8 Å². The minimum absolute atomic E-state index is 0.104. The highest BCUT2D eigenvalue weighted by atomic mass is 16.5. The first-order chi connectivity index (χ1) is 8.04. The molecule has 0 aliphatic heterocycles. The summed E-state index contributed by atoms with van der Waals surface area (Å²) in [5, 5.41) is 11.7. The lowest BCUT2D eigenvalue weighted by Crippen LogP contribution is -2.38. The third-order valence-corrected chi connectivity index (χ3v) is 3.48. The van der Waals surface area contributed by atoms with Crippen molar-refractivity contribution in [2.75, 3.05) is 13.7 Å². The quantitative estimate of drug-likeness (QED) is 0.756. The van der Waals surface area contributed by atoms with Gasteiger partial charge in [0.2, 0.25) is 5.91 Å². The molecule has 98 valence electrons. The Hall–Kier alpha value is -1.10. The number of carbonyl (C=O) groups is 2. The molecule has 0 saturated heterocycles. The number of carboxylic acid groups (broad SMARTS) is 1. The number of rotatable bonds is 5. The average Bonchev–Trinajstić information content (AvgIpc) is 2.35. The van der Waals surface area contributed by atoms with Gasteiger partial charge in [-0.05, 0) is 38.5 Å². The molecule has 1 unspecified atom stereocenters. The van der Waals surface area contributed by atoms with E-state index in [1.165, 1.54) is 7.11 Å². The number of ether oxygens (including phenoxy) is 1. The maximum absolute atomic E-state index is 11.5. The van der Waals surface area contributed by atoms with Crippen LogP contribution in [0.3, 0.4) is 0 Å². The number of nitrogens with one attached hydrogen (secondary N) is 1. The van der Waals surface area contributed by atoms with Crippen molar-refractivity contribution in [3.05, 3.63) is 0 Å². The zero-order chi connectivity index (χ0) is 12.8. The molecule has 1 aliphatic carbocycles. The first kappa shape index (κ1) is 14.0. The fraction of sp³-hybridized carbons (Fsp3) is 0.833. The van der Waals surface area contributed by atoms with E-state index in [2.05, 4.69) is 5.32 Å². The van der Waals surface area contributed by atoms with Gasteiger partial charge in [0, 0.05) is 13.7 Å². The summed E-state index contributed by atoms with van der Waals surface area (Å²) in [5.41, 5.74) is 0. The van der Waals surface area contributed by atoms with E-state index >= 15 is 0 Å². The topological polar surface area (TPSA) is 75.6 Å². The molecule has 1 amide bonds.